The van der Waals surface area contributed by atoms with E-state index in [1.54, 1.807) is 11.8 Å². The number of rotatable bonds is 2. The highest BCUT2D eigenvalue weighted by atomic mass is 32.2. The van der Waals surface area contributed by atoms with Crippen molar-refractivity contribution in [3.8, 4) is 0 Å². The number of fused-ring (bicyclic) bond motifs is 1. The van der Waals surface area contributed by atoms with Gasteiger partial charge in [0.25, 0.3) is 0 Å². The maximum absolute atomic E-state index is 10.7. The molecule has 3 nitrogen and oxygen atoms in total. The lowest BCUT2D eigenvalue weighted by Crippen LogP contribution is -2.32. The molecule has 80 valence electrons. The van der Waals surface area contributed by atoms with E-state index in [4.69, 9.17) is 5.11 Å². The van der Waals surface area contributed by atoms with Crippen molar-refractivity contribution in [2.24, 2.45) is 0 Å². The average Bonchev–Trinajstić information content (AvgIpc) is 2.17. The van der Waals surface area contributed by atoms with E-state index in [2.05, 4.69) is 0 Å². The van der Waals surface area contributed by atoms with Crippen LogP contribution in [0.3, 0.4) is 0 Å². The van der Waals surface area contributed by atoms with Gasteiger partial charge in [-0.25, -0.2) is 0 Å². The third-order valence-electron chi connectivity index (χ3n) is 2.61. The maximum atomic E-state index is 10.7. The highest BCUT2D eigenvalue weighted by molar-refractivity contribution is 7.99. The second-order valence-electron chi connectivity index (χ2n) is 3.70. The van der Waals surface area contributed by atoms with Crippen molar-refractivity contribution in [3.05, 3.63) is 29.8 Å². The lowest BCUT2D eigenvalue weighted by molar-refractivity contribution is -0.143. The van der Waals surface area contributed by atoms with Crippen LogP contribution < -0.4 is 0 Å². The zero-order valence-corrected chi connectivity index (χ0v) is 8.96. The van der Waals surface area contributed by atoms with Gasteiger partial charge < -0.3 is 10.2 Å². The van der Waals surface area contributed by atoms with Crippen molar-refractivity contribution < 1.29 is 15.0 Å². The molecule has 0 radical (unpaired) electrons. The highest BCUT2D eigenvalue weighted by Crippen LogP contribution is 2.41. The molecule has 0 saturated carbocycles. The Morgan fingerprint density at radius 2 is 2.20 bits per heavy atom. The van der Waals surface area contributed by atoms with Crippen LogP contribution in [0.25, 0.3) is 0 Å². The summed E-state index contributed by atoms with van der Waals surface area (Å²) < 4.78 is 0. The molecule has 1 aliphatic heterocycles. The Labute approximate surface area is 92.1 Å². The molecule has 1 atom stereocenters. The third kappa shape index (κ3) is 2.01. The van der Waals surface area contributed by atoms with E-state index < -0.39 is 11.6 Å². The van der Waals surface area contributed by atoms with Crippen LogP contribution in [-0.2, 0) is 10.4 Å². The highest BCUT2D eigenvalue weighted by Gasteiger charge is 2.36. The summed E-state index contributed by atoms with van der Waals surface area (Å²) in [7, 11) is 0. The summed E-state index contributed by atoms with van der Waals surface area (Å²) >= 11 is 1.67. The van der Waals surface area contributed by atoms with Crippen LogP contribution in [0.4, 0.5) is 0 Å². The molecule has 1 unspecified atom stereocenters. The number of carbonyl (C=O) groups is 1. The number of benzene rings is 1. The van der Waals surface area contributed by atoms with Gasteiger partial charge in [0.2, 0.25) is 0 Å². The van der Waals surface area contributed by atoms with Crippen LogP contribution in [0.1, 0.15) is 18.4 Å². The summed E-state index contributed by atoms with van der Waals surface area (Å²) in [5.41, 5.74) is -0.433. The Morgan fingerprint density at radius 3 is 2.93 bits per heavy atom. The molecule has 0 aliphatic carbocycles. The topological polar surface area (TPSA) is 57.5 Å². The minimum Gasteiger partial charge on any atom is -0.481 e. The molecule has 15 heavy (non-hydrogen) atoms. The molecular weight excluding hydrogens is 212 g/mol. The number of aliphatic carboxylic acids is 1. The quantitative estimate of drug-likeness (QED) is 0.804. The van der Waals surface area contributed by atoms with Gasteiger partial charge in [0.15, 0.2) is 0 Å². The molecule has 0 saturated heterocycles. The second-order valence-corrected chi connectivity index (χ2v) is 4.83. The van der Waals surface area contributed by atoms with Crippen LogP contribution in [0.5, 0.6) is 0 Å². The first kappa shape index (κ1) is 10.5. The van der Waals surface area contributed by atoms with Crippen LogP contribution in [-0.4, -0.2) is 21.9 Å². The van der Waals surface area contributed by atoms with Gasteiger partial charge in [-0.2, -0.15) is 0 Å². The summed E-state index contributed by atoms with van der Waals surface area (Å²) in [6.45, 7) is 0. The Hall–Kier alpha value is -1.00. The lowest BCUT2D eigenvalue weighted by Gasteiger charge is -2.32. The van der Waals surface area contributed by atoms with Crippen molar-refractivity contribution in [2.75, 3.05) is 5.75 Å². The molecule has 1 aliphatic rings. The maximum Gasteiger partial charge on any atom is 0.306 e. The zero-order chi connectivity index (χ0) is 10.9. The molecule has 2 rings (SSSR count). The smallest absolute Gasteiger partial charge is 0.306 e. The summed E-state index contributed by atoms with van der Waals surface area (Å²) in [5, 5.41) is 19.1. The second kappa shape index (κ2) is 3.87. The molecule has 1 aromatic rings. The molecule has 0 amide bonds. The molecule has 0 aromatic heterocycles. The minimum atomic E-state index is -1.19. The van der Waals surface area contributed by atoms with Crippen LogP contribution in [0.15, 0.2) is 29.2 Å². The van der Waals surface area contributed by atoms with Gasteiger partial charge in [0.05, 0.1) is 6.42 Å². The van der Waals surface area contributed by atoms with E-state index in [0.717, 1.165) is 16.2 Å². The first-order valence-electron chi connectivity index (χ1n) is 4.78. The number of carboxylic acids is 1. The molecule has 0 bridgehead atoms. The van der Waals surface area contributed by atoms with Gasteiger partial charge >= 0.3 is 5.97 Å². The summed E-state index contributed by atoms with van der Waals surface area (Å²) in [6, 6.07) is 7.46. The van der Waals surface area contributed by atoms with E-state index in [-0.39, 0.29) is 6.42 Å². The van der Waals surface area contributed by atoms with Crippen molar-refractivity contribution >= 4 is 17.7 Å². The van der Waals surface area contributed by atoms with Crippen molar-refractivity contribution in [3.63, 3.8) is 0 Å². The Morgan fingerprint density at radius 1 is 1.47 bits per heavy atom. The van der Waals surface area contributed by atoms with Crippen LogP contribution >= 0.6 is 11.8 Å². The van der Waals surface area contributed by atoms with Gasteiger partial charge in [-0.3, -0.25) is 4.79 Å². The van der Waals surface area contributed by atoms with Gasteiger partial charge in [-0.1, -0.05) is 18.2 Å². The van der Waals surface area contributed by atoms with E-state index >= 15 is 0 Å². The van der Waals surface area contributed by atoms with E-state index in [1.165, 1.54) is 0 Å². The van der Waals surface area contributed by atoms with Crippen molar-refractivity contribution in [2.45, 2.75) is 23.3 Å². The molecule has 4 heteroatoms. The summed E-state index contributed by atoms with van der Waals surface area (Å²) in [6.07, 6.45) is 0.283. The SMILES string of the molecule is O=C(O)CC1(O)CCSc2ccccc21. The van der Waals surface area contributed by atoms with Crippen LogP contribution in [0.2, 0.25) is 0 Å². The molecule has 1 aromatic carbocycles. The van der Waals surface area contributed by atoms with Crippen molar-refractivity contribution in [1.29, 1.82) is 0 Å². The molecule has 0 fully saturated rings. The van der Waals surface area contributed by atoms with E-state index in [1.807, 2.05) is 24.3 Å². The fourth-order valence-electron chi connectivity index (χ4n) is 1.88. The number of thioether (sulfide) groups is 1. The van der Waals surface area contributed by atoms with E-state index in [0.29, 0.717) is 6.42 Å². The van der Waals surface area contributed by atoms with Gasteiger partial charge in [-0.15, -0.1) is 11.8 Å². The fourth-order valence-corrected chi connectivity index (χ4v) is 3.12. The third-order valence-corrected chi connectivity index (χ3v) is 3.68. The molecule has 1 heterocycles. The standard InChI is InChI=1S/C11H12O3S/c12-10(13)7-11(14)5-6-15-9-4-2-1-3-8(9)11/h1-4,14H,5-7H2,(H,12,13). The van der Waals surface area contributed by atoms with Crippen LogP contribution in [0, 0.1) is 0 Å². The summed E-state index contributed by atoms with van der Waals surface area (Å²) in [4.78, 5) is 11.7. The predicted octanol–water partition coefficient (Wildman–Crippen LogP) is 1.84. The normalized spacial score (nSPS) is 24.6. The fraction of sp³-hybridized carbons (Fsp3) is 0.364. The largest absolute Gasteiger partial charge is 0.481 e. The molecule has 2 N–H and O–H groups in total. The first-order chi connectivity index (χ1) is 7.12. The average molecular weight is 224 g/mol. The van der Waals surface area contributed by atoms with E-state index in [9.17, 15) is 9.90 Å². The molecular formula is C11H12O3S. The van der Waals surface area contributed by atoms with Gasteiger partial charge in [0.1, 0.15) is 5.60 Å². The Kier molecular flexibility index (Phi) is 2.71. The first-order valence-corrected chi connectivity index (χ1v) is 5.77. The number of hydrogen-bond donors (Lipinski definition) is 2. The monoisotopic (exact) mass is 224 g/mol. The Balaban J connectivity index is 2.40. The van der Waals surface area contributed by atoms with Gasteiger partial charge in [-0.05, 0) is 18.1 Å². The molecule has 0 spiro atoms. The Bertz CT molecular complexity index is 391. The number of hydrogen-bond acceptors (Lipinski definition) is 3. The summed E-state index contributed by atoms with van der Waals surface area (Å²) in [5.74, 6) is -0.194. The number of carboxylic acid groups (broad SMARTS) is 1. The van der Waals surface area contributed by atoms with Crippen molar-refractivity contribution in [1.82, 2.24) is 0 Å². The number of aliphatic hydroxyl groups is 1. The zero-order valence-electron chi connectivity index (χ0n) is 8.14. The van der Waals surface area contributed by atoms with Gasteiger partial charge in [0, 0.05) is 10.6 Å². The lowest BCUT2D eigenvalue weighted by atomic mass is 9.87. The predicted molar refractivity (Wildman–Crippen MR) is 57.9 cm³/mol. The minimum absolute atomic E-state index is 0.218.